The molecule has 11 nitrogen and oxygen atoms in total. The van der Waals surface area contributed by atoms with Gasteiger partial charge >= 0.3 is 0 Å². The zero-order valence-electron chi connectivity index (χ0n) is 10.7. The third kappa shape index (κ3) is 3.11. The zero-order chi connectivity index (χ0) is 15.6. The molecule has 0 spiro atoms. The minimum atomic E-state index is -4.15. The molecule has 2 aromatic rings. The average molecular weight is 313 g/mol. The number of tetrazole rings is 1. The van der Waals surface area contributed by atoms with Gasteiger partial charge in [-0.05, 0) is 19.1 Å². The van der Waals surface area contributed by atoms with E-state index in [2.05, 4.69) is 25.3 Å². The molecule has 0 bridgehead atoms. The van der Waals surface area contributed by atoms with Crippen LogP contribution in [0.1, 0.15) is 18.8 Å². The molecule has 0 saturated carbocycles. The normalized spacial score (nSPS) is 13.0. The van der Waals surface area contributed by atoms with Gasteiger partial charge in [0, 0.05) is 11.8 Å². The van der Waals surface area contributed by atoms with E-state index < -0.39 is 31.6 Å². The third-order valence-corrected chi connectivity index (χ3v) is 4.14. The Balaban J connectivity index is 2.38. The molecule has 0 radical (unpaired) electrons. The molecule has 12 heteroatoms. The lowest BCUT2D eigenvalue weighted by molar-refractivity contribution is -0.387. The molecule has 0 aliphatic rings. The van der Waals surface area contributed by atoms with Crippen LogP contribution in [0.15, 0.2) is 23.1 Å². The van der Waals surface area contributed by atoms with Crippen LogP contribution in [0.2, 0.25) is 0 Å². The van der Waals surface area contributed by atoms with Gasteiger partial charge < -0.3 is 5.73 Å². The largest absolute Gasteiger partial charge is 0.399 e. The Morgan fingerprint density at radius 3 is 2.76 bits per heavy atom. The molecule has 0 aliphatic carbocycles. The van der Waals surface area contributed by atoms with Crippen molar-refractivity contribution in [3.63, 3.8) is 0 Å². The van der Waals surface area contributed by atoms with E-state index in [0.717, 1.165) is 12.1 Å². The summed E-state index contributed by atoms with van der Waals surface area (Å²) in [6.45, 7) is 1.48. The van der Waals surface area contributed by atoms with Crippen LogP contribution in [-0.4, -0.2) is 34.0 Å². The lowest BCUT2D eigenvalue weighted by atomic mass is 10.3. The average Bonchev–Trinajstić information content (AvgIpc) is 2.91. The summed E-state index contributed by atoms with van der Waals surface area (Å²) in [5.74, 6) is 0.108. The van der Waals surface area contributed by atoms with Crippen LogP contribution in [-0.2, 0) is 10.0 Å². The van der Waals surface area contributed by atoms with Gasteiger partial charge in [-0.15, -0.1) is 10.2 Å². The van der Waals surface area contributed by atoms with Gasteiger partial charge in [-0.25, -0.2) is 13.1 Å². The van der Waals surface area contributed by atoms with Gasteiger partial charge in [-0.2, -0.15) is 5.21 Å². The molecule has 112 valence electrons. The maximum absolute atomic E-state index is 12.2. The number of H-pyrrole nitrogens is 1. The first-order chi connectivity index (χ1) is 9.81. The topological polar surface area (TPSA) is 170 Å². The number of nitro benzene ring substituents is 1. The van der Waals surface area contributed by atoms with Crippen LogP contribution >= 0.6 is 0 Å². The maximum Gasteiger partial charge on any atom is 0.291 e. The molecule has 0 aliphatic heterocycles. The highest BCUT2D eigenvalue weighted by Gasteiger charge is 2.28. The number of nitrogens with zero attached hydrogens (tertiary/aromatic N) is 4. The van der Waals surface area contributed by atoms with Gasteiger partial charge in [0.25, 0.3) is 5.69 Å². The van der Waals surface area contributed by atoms with Crippen molar-refractivity contribution in [3.8, 4) is 0 Å². The molecule has 1 heterocycles. The summed E-state index contributed by atoms with van der Waals surface area (Å²) in [4.78, 5) is 9.65. The van der Waals surface area contributed by atoms with E-state index in [1.54, 1.807) is 0 Å². The van der Waals surface area contributed by atoms with Crippen molar-refractivity contribution in [1.82, 2.24) is 25.3 Å². The number of aromatic nitrogens is 4. The maximum atomic E-state index is 12.2. The van der Waals surface area contributed by atoms with E-state index in [1.165, 1.54) is 13.0 Å². The molecule has 0 saturated heterocycles. The Kier molecular flexibility index (Phi) is 3.82. The lowest BCUT2D eigenvalue weighted by Crippen LogP contribution is -2.28. The fraction of sp³-hybridized carbons (Fsp3) is 0.222. The molecular formula is C9H11N7O4S. The molecule has 2 rings (SSSR count). The molecule has 1 aromatic heterocycles. The van der Waals surface area contributed by atoms with Crippen LogP contribution < -0.4 is 10.5 Å². The molecule has 1 atom stereocenters. The lowest BCUT2D eigenvalue weighted by Gasteiger charge is -2.11. The van der Waals surface area contributed by atoms with E-state index in [4.69, 9.17) is 5.73 Å². The summed E-state index contributed by atoms with van der Waals surface area (Å²) in [6, 6.07) is 2.50. The Labute approximate surface area is 118 Å². The molecule has 0 amide bonds. The van der Waals surface area contributed by atoms with Crippen molar-refractivity contribution >= 4 is 21.4 Å². The zero-order valence-corrected chi connectivity index (χ0v) is 11.5. The number of hydrogen-bond donors (Lipinski definition) is 3. The van der Waals surface area contributed by atoms with Crippen LogP contribution in [0.5, 0.6) is 0 Å². The summed E-state index contributed by atoms with van der Waals surface area (Å²) < 4.78 is 26.7. The second-order valence-electron chi connectivity index (χ2n) is 4.10. The smallest absolute Gasteiger partial charge is 0.291 e. The number of aromatic amines is 1. The Morgan fingerprint density at radius 1 is 1.48 bits per heavy atom. The highest BCUT2D eigenvalue weighted by Crippen LogP contribution is 2.26. The summed E-state index contributed by atoms with van der Waals surface area (Å²) in [5.41, 5.74) is 4.92. The van der Waals surface area contributed by atoms with Crippen LogP contribution in [0.3, 0.4) is 0 Å². The summed E-state index contributed by atoms with van der Waals surface area (Å²) in [6.07, 6.45) is 0. The van der Waals surface area contributed by atoms with Gasteiger partial charge in [0.1, 0.15) is 0 Å². The SMILES string of the molecule is CC(NS(=O)(=O)c1ccc(N)cc1[N+](=O)[O-])c1nn[nH]n1. The molecule has 1 unspecified atom stereocenters. The quantitative estimate of drug-likeness (QED) is 0.384. The second kappa shape index (κ2) is 5.41. The second-order valence-corrected chi connectivity index (χ2v) is 5.78. The van der Waals surface area contributed by atoms with Gasteiger partial charge in [0.2, 0.25) is 10.0 Å². The van der Waals surface area contributed by atoms with Gasteiger partial charge in [0.15, 0.2) is 10.7 Å². The molecular weight excluding hydrogens is 302 g/mol. The van der Waals surface area contributed by atoms with Crippen LogP contribution in [0.4, 0.5) is 11.4 Å². The molecule has 1 aromatic carbocycles. The van der Waals surface area contributed by atoms with E-state index >= 15 is 0 Å². The van der Waals surface area contributed by atoms with Crippen molar-refractivity contribution in [1.29, 1.82) is 0 Å². The number of nitrogens with two attached hydrogens (primary N) is 1. The van der Waals surface area contributed by atoms with Crippen molar-refractivity contribution in [2.45, 2.75) is 17.9 Å². The number of anilines is 1. The summed E-state index contributed by atoms with van der Waals surface area (Å²) >= 11 is 0. The molecule has 0 fully saturated rings. The van der Waals surface area contributed by atoms with E-state index in [1.807, 2.05) is 0 Å². The fourth-order valence-corrected chi connectivity index (χ4v) is 2.96. The van der Waals surface area contributed by atoms with E-state index in [-0.39, 0.29) is 11.5 Å². The fourth-order valence-electron chi connectivity index (χ4n) is 1.61. The Bertz CT molecular complexity index is 758. The van der Waals surface area contributed by atoms with Gasteiger partial charge in [0.05, 0.1) is 11.0 Å². The number of sulfonamides is 1. The predicted molar refractivity (Wildman–Crippen MR) is 70.4 cm³/mol. The number of rotatable bonds is 5. The first-order valence-electron chi connectivity index (χ1n) is 5.61. The van der Waals surface area contributed by atoms with E-state index in [0.29, 0.717) is 0 Å². The van der Waals surface area contributed by atoms with Crippen molar-refractivity contribution in [2.24, 2.45) is 0 Å². The number of benzene rings is 1. The summed E-state index contributed by atoms with van der Waals surface area (Å²) in [5, 5.41) is 23.7. The minimum Gasteiger partial charge on any atom is -0.399 e. The minimum absolute atomic E-state index is 0.0897. The number of nitrogens with one attached hydrogen (secondary N) is 2. The number of nitro groups is 1. The van der Waals surface area contributed by atoms with Crippen LogP contribution in [0, 0.1) is 10.1 Å². The van der Waals surface area contributed by atoms with E-state index in [9.17, 15) is 18.5 Å². The Hall–Kier alpha value is -2.60. The van der Waals surface area contributed by atoms with Crippen molar-refractivity contribution in [3.05, 3.63) is 34.1 Å². The third-order valence-electron chi connectivity index (χ3n) is 2.55. The first-order valence-corrected chi connectivity index (χ1v) is 7.09. The standard InChI is InChI=1S/C9H11N7O4S/c1-5(9-11-14-15-12-9)13-21(19,20)8-3-2-6(10)4-7(8)16(17)18/h2-5,13H,10H2,1H3,(H,11,12,14,15). The first kappa shape index (κ1) is 14.8. The number of nitrogen functional groups attached to an aromatic ring is 1. The van der Waals surface area contributed by atoms with Crippen molar-refractivity contribution < 1.29 is 13.3 Å². The van der Waals surface area contributed by atoms with Crippen LogP contribution in [0.25, 0.3) is 0 Å². The number of hydrogen-bond acceptors (Lipinski definition) is 8. The molecule has 4 N–H and O–H groups in total. The van der Waals surface area contributed by atoms with Gasteiger partial charge in [-0.3, -0.25) is 10.1 Å². The summed E-state index contributed by atoms with van der Waals surface area (Å²) in [7, 11) is -4.15. The monoisotopic (exact) mass is 313 g/mol. The molecule has 21 heavy (non-hydrogen) atoms. The van der Waals surface area contributed by atoms with Crippen molar-refractivity contribution in [2.75, 3.05) is 5.73 Å². The predicted octanol–water partition coefficient (Wildman–Crippen LogP) is -0.270. The highest BCUT2D eigenvalue weighted by atomic mass is 32.2. The van der Waals surface area contributed by atoms with Gasteiger partial charge in [-0.1, -0.05) is 5.21 Å². The highest BCUT2D eigenvalue weighted by molar-refractivity contribution is 7.89. The Morgan fingerprint density at radius 2 is 2.19 bits per heavy atom.